The summed E-state index contributed by atoms with van der Waals surface area (Å²) in [5, 5.41) is 4.63. The van der Waals surface area contributed by atoms with Crippen molar-refractivity contribution in [1.82, 2.24) is 14.5 Å². The lowest BCUT2D eigenvalue weighted by Crippen LogP contribution is -2.35. The van der Waals surface area contributed by atoms with E-state index >= 15 is 0 Å². The Bertz CT molecular complexity index is 3500. The van der Waals surface area contributed by atoms with E-state index in [1.54, 1.807) is 0 Å². The number of aromatic nitrogens is 2. The van der Waals surface area contributed by atoms with Crippen LogP contribution in [0.3, 0.4) is 0 Å². The van der Waals surface area contributed by atoms with Gasteiger partial charge in [0.2, 0.25) is 5.89 Å². The van der Waals surface area contributed by atoms with Crippen LogP contribution in [0.25, 0.3) is 83.1 Å². The Hall–Kier alpha value is -8.03. The molecule has 0 spiro atoms. The minimum atomic E-state index is -0.307. The lowest BCUT2D eigenvalue weighted by atomic mass is 10.0. The van der Waals surface area contributed by atoms with Crippen molar-refractivity contribution in [3.05, 3.63) is 205 Å². The molecule has 284 valence electrons. The number of hydrogen-bond acceptors (Lipinski definition) is 6. The van der Waals surface area contributed by atoms with Gasteiger partial charge in [-0.3, -0.25) is 0 Å². The topological polar surface area (TPSA) is 72.1 Å². The monoisotopic (exact) mass is 773 g/mol. The summed E-state index contributed by atoms with van der Waals surface area (Å²) in [5.74, 6) is 2.12. The van der Waals surface area contributed by atoms with E-state index in [0.717, 1.165) is 89.0 Å². The molecule has 1 aliphatic heterocycles. The Morgan fingerprint density at radius 2 is 1.20 bits per heavy atom. The fourth-order valence-corrected chi connectivity index (χ4v) is 8.78. The molecule has 7 heteroatoms. The molecule has 1 unspecified atom stereocenters. The van der Waals surface area contributed by atoms with Gasteiger partial charge in [0.05, 0.1) is 11.0 Å². The van der Waals surface area contributed by atoms with Gasteiger partial charge in [-0.25, -0.2) is 15.0 Å². The Morgan fingerprint density at radius 1 is 0.500 bits per heavy atom. The van der Waals surface area contributed by atoms with Crippen LogP contribution in [-0.2, 0) is 0 Å². The van der Waals surface area contributed by atoms with Crippen molar-refractivity contribution in [3.8, 4) is 28.3 Å². The van der Waals surface area contributed by atoms with Crippen molar-refractivity contribution < 1.29 is 8.83 Å². The molecule has 0 aliphatic carbocycles. The lowest BCUT2D eigenvalue weighted by molar-refractivity contribution is 0.383. The van der Waals surface area contributed by atoms with Gasteiger partial charge in [-0.15, -0.1) is 0 Å². The first-order valence-corrected chi connectivity index (χ1v) is 20.1. The molecule has 7 nitrogen and oxygen atoms in total. The summed E-state index contributed by atoms with van der Waals surface area (Å²) >= 11 is 0. The third-order valence-electron chi connectivity index (χ3n) is 11.7. The van der Waals surface area contributed by atoms with Crippen LogP contribution in [0.15, 0.2) is 207 Å². The molecule has 0 saturated carbocycles. The van der Waals surface area contributed by atoms with E-state index in [1.807, 2.05) is 73.8 Å². The first-order valence-electron chi connectivity index (χ1n) is 20.1. The zero-order chi connectivity index (χ0) is 39.7. The molecule has 1 atom stereocenters. The van der Waals surface area contributed by atoms with E-state index < -0.39 is 0 Å². The lowest BCUT2D eigenvalue weighted by Gasteiger charge is -2.32. The minimum absolute atomic E-state index is 0.307. The van der Waals surface area contributed by atoms with E-state index in [1.165, 1.54) is 10.8 Å². The largest absolute Gasteiger partial charge is 0.455 e. The summed E-state index contributed by atoms with van der Waals surface area (Å²) in [7, 11) is 2.04. The van der Waals surface area contributed by atoms with Crippen LogP contribution >= 0.6 is 0 Å². The van der Waals surface area contributed by atoms with Gasteiger partial charge in [0, 0.05) is 56.5 Å². The quantitative estimate of drug-likeness (QED) is 0.169. The van der Waals surface area contributed by atoms with Gasteiger partial charge in [0.15, 0.2) is 17.6 Å². The number of rotatable bonds is 6. The molecule has 4 heterocycles. The minimum Gasteiger partial charge on any atom is -0.455 e. The van der Waals surface area contributed by atoms with Gasteiger partial charge in [-0.05, 0) is 71.8 Å². The van der Waals surface area contributed by atoms with Gasteiger partial charge >= 0.3 is 0 Å². The maximum absolute atomic E-state index is 6.43. The number of fused-ring (bicyclic) bond motifs is 7. The highest BCUT2D eigenvalue weighted by molar-refractivity contribution is 6.14. The predicted octanol–water partition coefficient (Wildman–Crippen LogP) is 13.0. The van der Waals surface area contributed by atoms with E-state index in [2.05, 4.69) is 131 Å². The zero-order valence-electron chi connectivity index (χ0n) is 32.5. The number of aliphatic imine (C=N–C) groups is 2. The molecule has 12 rings (SSSR count). The first kappa shape index (κ1) is 34.0. The number of oxazole rings is 1. The molecule has 0 fully saturated rings. The van der Waals surface area contributed by atoms with E-state index in [0.29, 0.717) is 11.7 Å². The molecule has 11 aromatic rings. The number of amidine groups is 2. The van der Waals surface area contributed by atoms with Gasteiger partial charge in [0.1, 0.15) is 22.5 Å². The average Bonchev–Trinajstić information content (AvgIpc) is 4.01. The smallest absolute Gasteiger partial charge is 0.227 e. The number of nitrogens with zero attached hydrogens (tertiary/aromatic N) is 5. The molecule has 0 radical (unpaired) electrons. The van der Waals surface area contributed by atoms with Crippen LogP contribution in [0.1, 0.15) is 22.9 Å². The number of benzene rings is 8. The first-order chi connectivity index (χ1) is 29.6. The van der Waals surface area contributed by atoms with Crippen molar-refractivity contribution in [2.24, 2.45) is 9.98 Å². The molecule has 0 saturated heterocycles. The van der Waals surface area contributed by atoms with Crippen molar-refractivity contribution in [3.63, 3.8) is 0 Å². The second kappa shape index (κ2) is 13.5. The maximum atomic E-state index is 6.43. The highest BCUT2D eigenvalue weighted by Gasteiger charge is 2.27. The zero-order valence-corrected chi connectivity index (χ0v) is 32.5. The highest BCUT2D eigenvalue weighted by Crippen LogP contribution is 2.40. The van der Waals surface area contributed by atoms with Gasteiger partial charge < -0.3 is 18.3 Å². The summed E-state index contributed by atoms with van der Waals surface area (Å²) < 4.78 is 15.1. The summed E-state index contributed by atoms with van der Waals surface area (Å²) in [5.41, 5.74) is 12.7. The Kier molecular flexibility index (Phi) is 7.68. The third-order valence-corrected chi connectivity index (χ3v) is 11.7. The summed E-state index contributed by atoms with van der Waals surface area (Å²) in [4.78, 5) is 17.3. The fraction of sp³-hybridized carbons (Fsp3) is 0.0377. The van der Waals surface area contributed by atoms with Crippen molar-refractivity contribution >= 4 is 66.5 Å². The van der Waals surface area contributed by atoms with Crippen LogP contribution in [0.5, 0.6) is 0 Å². The van der Waals surface area contributed by atoms with Crippen LogP contribution in [0.2, 0.25) is 0 Å². The molecule has 1 aliphatic rings. The van der Waals surface area contributed by atoms with Gasteiger partial charge in [-0.1, -0.05) is 127 Å². The van der Waals surface area contributed by atoms with Crippen molar-refractivity contribution in [2.75, 3.05) is 7.05 Å². The Morgan fingerprint density at radius 3 is 2.03 bits per heavy atom. The molecule has 0 N–H and O–H groups in total. The molecular weight excluding hydrogens is 739 g/mol. The predicted molar refractivity (Wildman–Crippen MR) is 243 cm³/mol. The summed E-state index contributed by atoms with van der Waals surface area (Å²) in [6.45, 7) is 0. The second-order valence-corrected chi connectivity index (χ2v) is 15.3. The van der Waals surface area contributed by atoms with Gasteiger partial charge in [-0.2, -0.15) is 0 Å². The number of furan rings is 1. The third kappa shape index (κ3) is 5.47. The summed E-state index contributed by atoms with van der Waals surface area (Å²) in [6, 6.07) is 65.0. The molecule has 0 bridgehead atoms. The Balaban J connectivity index is 0.890. The van der Waals surface area contributed by atoms with Crippen molar-refractivity contribution in [2.45, 2.75) is 6.17 Å². The van der Waals surface area contributed by atoms with Gasteiger partial charge in [0.25, 0.3) is 0 Å². The summed E-state index contributed by atoms with van der Waals surface area (Å²) in [6.07, 6.45) is -0.307. The van der Waals surface area contributed by atoms with Crippen molar-refractivity contribution in [1.29, 1.82) is 0 Å². The Labute approximate surface area is 344 Å². The molecule has 3 aromatic heterocycles. The van der Waals surface area contributed by atoms with E-state index in [9.17, 15) is 0 Å². The standard InChI is InChI=1S/C53H35N5O2/c1-57-51(34-15-6-3-7-16-34)55-50(33-13-4-2-5-14-33)56-52(57)37-26-30-48-44(32-37)54-53(60-48)35-23-27-38(28-24-35)58-45-21-10-8-17-40(45)43-31-36(25-29-46(43)58)39-19-12-20-42-41-18-9-11-22-47(41)59-49(39)42/h2-32,52H,1H3. The van der Waals surface area contributed by atoms with Crippen LogP contribution in [0, 0.1) is 0 Å². The second-order valence-electron chi connectivity index (χ2n) is 15.3. The van der Waals surface area contributed by atoms with Crippen LogP contribution < -0.4 is 0 Å². The SMILES string of the molecule is CN1C(c2ccccc2)=NC(c2ccccc2)=NC1c1ccc2oc(-c3ccc(-n4c5ccccc5c5cc(-c6cccc7c6oc6ccccc67)ccc54)cc3)nc2c1. The maximum Gasteiger partial charge on any atom is 0.227 e. The number of hydrogen-bond donors (Lipinski definition) is 0. The van der Waals surface area contributed by atoms with Crippen LogP contribution in [-0.4, -0.2) is 33.2 Å². The molecule has 0 amide bonds. The van der Waals surface area contributed by atoms with Crippen LogP contribution in [0.4, 0.5) is 0 Å². The molecule has 8 aromatic carbocycles. The average molecular weight is 774 g/mol. The molecule has 60 heavy (non-hydrogen) atoms. The van der Waals surface area contributed by atoms with E-state index in [-0.39, 0.29) is 6.17 Å². The fourth-order valence-electron chi connectivity index (χ4n) is 8.78. The van der Waals surface area contributed by atoms with E-state index in [4.69, 9.17) is 23.8 Å². The number of para-hydroxylation sites is 3. The molecular formula is C53H35N5O2. The normalized spacial score (nSPS) is 14.4. The highest BCUT2D eigenvalue weighted by atomic mass is 16.3.